The molecule has 3 aromatic rings. The van der Waals surface area contributed by atoms with E-state index in [4.69, 9.17) is 19.9 Å². The molecule has 3 N–H and O–H groups in total. The highest BCUT2D eigenvalue weighted by Gasteiger charge is 2.08. The van der Waals surface area contributed by atoms with Gasteiger partial charge in [0.2, 0.25) is 0 Å². The molecule has 7 heteroatoms. The number of nitrogens with zero attached hydrogens (tertiary/aromatic N) is 1. The summed E-state index contributed by atoms with van der Waals surface area (Å²) >= 11 is 3.35. The van der Waals surface area contributed by atoms with Crippen molar-refractivity contribution < 1.29 is 14.2 Å². The molecule has 1 aromatic heterocycles. The topological polar surface area (TPSA) is 78.6 Å². The normalized spacial score (nSPS) is 10.4. The predicted octanol–water partition coefficient (Wildman–Crippen LogP) is 4.63. The van der Waals surface area contributed by atoms with E-state index in [1.807, 2.05) is 48.5 Å². The minimum atomic E-state index is 0.442. The van der Waals surface area contributed by atoms with Crippen LogP contribution in [-0.2, 0) is 13.2 Å². The van der Waals surface area contributed by atoms with Gasteiger partial charge in [0.1, 0.15) is 18.2 Å². The fourth-order valence-electron chi connectivity index (χ4n) is 2.61. The number of nitrogens with one attached hydrogen (secondary N) is 1. The second-order valence-corrected chi connectivity index (χ2v) is 6.98. The van der Waals surface area contributed by atoms with E-state index in [-0.39, 0.29) is 0 Å². The molecule has 146 valence electrons. The molecular weight excluding hydrogens is 422 g/mol. The minimum absolute atomic E-state index is 0.442. The van der Waals surface area contributed by atoms with Gasteiger partial charge in [-0.25, -0.2) is 4.98 Å². The fraction of sp³-hybridized carbons (Fsp3) is 0.190. The molecule has 2 aromatic carbocycles. The van der Waals surface area contributed by atoms with Crippen molar-refractivity contribution in [2.45, 2.75) is 13.2 Å². The first-order chi connectivity index (χ1) is 13.6. The summed E-state index contributed by atoms with van der Waals surface area (Å²) < 4.78 is 17.4. The maximum absolute atomic E-state index is 5.97. The van der Waals surface area contributed by atoms with Crippen LogP contribution >= 0.6 is 15.9 Å². The summed E-state index contributed by atoms with van der Waals surface area (Å²) in [5, 5.41) is 3.23. The highest BCUT2D eigenvalue weighted by atomic mass is 79.9. The average Bonchev–Trinajstić information content (AvgIpc) is 2.72. The monoisotopic (exact) mass is 443 g/mol. The minimum Gasteiger partial charge on any atom is -0.497 e. The van der Waals surface area contributed by atoms with Crippen LogP contribution in [0, 0.1) is 0 Å². The first-order valence-electron chi connectivity index (χ1n) is 8.66. The summed E-state index contributed by atoms with van der Waals surface area (Å²) in [5.41, 5.74) is 8.63. The number of hydrogen-bond donors (Lipinski definition) is 2. The van der Waals surface area contributed by atoms with Crippen molar-refractivity contribution in [3.8, 4) is 17.2 Å². The molecule has 0 saturated carbocycles. The number of ether oxygens (including phenoxy) is 3. The molecule has 3 rings (SSSR count). The van der Waals surface area contributed by atoms with Gasteiger partial charge in [0.05, 0.1) is 19.9 Å². The van der Waals surface area contributed by atoms with E-state index in [1.165, 1.54) is 0 Å². The van der Waals surface area contributed by atoms with Gasteiger partial charge >= 0.3 is 0 Å². The van der Waals surface area contributed by atoms with Crippen molar-refractivity contribution in [2.24, 2.45) is 0 Å². The summed E-state index contributed by atoms with van der Waals surface area (Å²) in [5.74, 6) is 2.81. The molecule has 1 heterocycles. The number of benzene rings is 2. The third-order valence-electron chi connectivity index (χ3n) is 4.13. The van der Waals surface area contributed by atoms with E-state index in [1.54, 1.807) is 20.4 Å². The number of anilines is 2. The summed E-state index contributed by atoms with van der Waals surface area (Å²) in [4.78, 5) is 4.28. The van der Waals surface area contributed by atoms with Crippen LogP contribution in [0.5, 0.6) is 17.2 Å². The van der Waals surface area contributed by atoms with Crippen LogP contribution in [0.3, 0.4) is 0 Å². The van der Waals surface area contributed by atoms with E-state index in [2.05, 4.69) is 26.2 Å². The Morgan fingerprint density at radius 2 is 1.71 bits per heavy atom. The maximum Gasteiger partial charge on any atom is 0.161 e. The fourth-order valence-corrected chi connectivity index (χ4v) is 2.96. The molecule has 0 unspecified atom stereocenters. The second-order valence-electron chi connectivity index (χ2n) is 6.07. The number of methoxy groups -OCH3 is 2. The van der Waals surface area contributed by atoms with Crippen molar-refractivity contribution in [1.82, 2.24) is 4.98 Å². The molecular formula is C21H22BrN3O3. The standard InChI is InChI=1S/C21H22BrN3O3/c1-26-17-6-3-14(4-7-17)13-28-19-8-5-15(9-20(19)27-2)11-24-21-18(23)10-16(22)12-25-21/h3-10,12H,11,13,23H2,1-2H3,(H,24,25). The van der Waals surface area contributed by atoms with Crippen LogP contribution in [0.25, 0.3) is 0 Å². The quantitative estimate of drug-likeness (QED) is 0.527. The highest BCUT2D eigenvalue weighted by molar-refractivity contribution is 9.10. The molecule has 0 amide bonds. The van der Waals surface area contributed by atoms with Crippen LogP contribution < -0.4 is 25.3 Å². The molecule has 0 atom stereocenters. The van der Waals surface area contributed by atoms with Crippen molar-refractivity contribution in [3.05, 3.63) is 70.3 Å². The van der Waals surface area contributed by atoms with E-state index in [9.17, 15) is 0 Å². The van der Waals surface area contributed by atoms with Gasteiger partial charge in [-0.15, -0.1) is 0 Å². The van der Waals surface area contributed by atoms with Crippen molar-refractivity contribution in [2.75, 3.05) is 25.3 Å². The number of rotatable bonds is 8. The van der Waals surface area contributed by atoms with Crippen LogP contribution in [0.15, 0.2) is 59.2 Å². The van der Waals surface area contributed by atoms with E-state index in [0.717, 1.165) is 21.3 Å². The lowest BCUT2D eigenvalue weighted by molar-refractivity contribution is 0.284. The van der Waals surface area contributed by atoms with Crippen LogP contribution in [-0.4, -0.2) is 19.2 Å². The van der Waals surface area contributed by atoms with Gasteiger partial charge in [0.25, 0.3) is 0 Å². The van der Waals surface area contributed by atoms with Crippen molar-refractivity contribution in [3.63, 3.8) is 0 Å². The lowest BCUT2D eigenvalue weighted by Gasteiger charge is -2.13. The summed E-state index contributed by atoms with van der Waals surface area (Å²) in [6.07, 6.45) is 1.70. The highest BCUT2D eigenvalue weighted by Crippen LogP contribution is 2.29. The van der Waals surface area contributed by atoms with Gasteiger partial charge in [-0.2, -0.15) is 0 Å². The maximum atomic E-state index is 5.97. The smallest absolute Gasteiger partial charge is 0.161 e. The lowest BCUT2D eigenvalue weighted by atomic mass is 10.2. The Hall–Kier alpha value is -2.93. The zero-order valence-corrected chi connectivity index (χ0v) is 17.3. The summed E-state index contributed by atoms with van der Waals surface area (Å²) in [6, 6.07) is 15.4. The Labute approximate surface area is 172 Å². The SMILES string of the molecule is COc1ccc(COc2ccc(CNc3ncc(Br)cc3N)cc2OC)cc1. The average molecular weight is 444 g/mol. The molecule has 0 saturated heterocycles. The molecule has 0 radical (unpaired) electrons. The number of nitrogens with two attached hydrogens (primary N) is 1. The van der Waals surface area contributed by atoms with Gasteiger partial charge in [-0.05, 0) is 57.4 Å². The first kappa shape index (κ1) is 19.8. The van der Waals surface area contributed by atoms with Crippen molar-refractivity contribution >= 4 is 27.4 Å². The van der Waals surface area contributed by atoms with E-state index in [0.29, 0.717) is 36.2 Å². The van der Waals surface area contributed by atoms with E-state index >= 15 is 0 Å². The van der Waals surface area contributed by atoms with Gasteiger partial charge < -0.3 is 25.3 Å². The summed E-state index contributed by atoms with van der Waals surface area (Å²) in [7, 11) is 3.27. The Morgan fingerprint density at radius 1 is 0.964 bits per heavy atom. The van der Waals surface area contributed by atoms with Gasteiger partial charge in [-0.1, -0.05) is 18.2 Å². The first-order valence-corrected chi connectivity index (χ1v) is 9.46. The van der Waals surface area contributed by atoms with Crippen LogP contribution in [0.2, 0.25) is 0 Å². The zero-order valence-electron chi connectivity index (χ0n) is 15.7. The number of halogens is 1. The van der Waals surface area contributed by atoms with Gasteiger partial charge in [0.15, 0.2) is 11.5 Å². The number of nitrogen functional groups attached to an aromatic ring is 1. The number of aromatic nitrogens is 1. The Morgan fingerprint density at radius 3 is 2.39 bits per heavy atom. The lowest BCUT2D eigenvalue weighted by Crippen LogP contribution is -2.05. The summed E-state index contributed by atoms with van der Waals surface area (Å²) in [6.45, 7) is 1.01. The Balaban J connectivity index is 1.64. The molecule has 0 bridgehead atoms. The van der Waals surface area contributed by atoms with Gasteiger partial charge in [-0.3, -0.25) is 0 Å². The molecule has 0 aliphatic heterocycles. The molecule has 0 spiro atoms. The van der Waals surface area contributed by atoms with Gasteiger partial charge in [0, 0.05) is 17.2 Å². The Bertz CT molecular complexity index is 933. The molecule has 6 nitrogen and oxygen atoms in total. The van der Waals surface area contributed by atoms with E-state index < -0.39 is 0 Å². The second kappa shape index (κ2) is 9.32. The van der Waals surface area contributed by atoms with Crippen LogP contribution in [0.4, 0.5) is 11.5 Å². The largest absolute Gasteiger partial charge is 0.497 e. The van der Waals surface area contributed by atoms with Crippen LogP contribution in [0.1, 0.15) is 11.1 Å². The predicted molar refractivity (Wildman–Crippen MR) is 114 cm³/mol. The number of hydrogen-bond acceptors (Lipinski definition) is 6. The molecule has 0 aliphatic rings. The zero-order chi connectivity index (χ0) is 19.9. The molecule has 28 heavy (non-hydrogen) atoms. The Kier molecular flexibility index (Phi) is 6.60. The molecule has 0 aliphatic carbocycles. The van der Waals surface area contributed by atoms with Crippen molar-refractivity contribution in [1.29, 1.82) is 0 Å². The molecule has 0 fully saturated rings. The third-order valence-corrected chi connectivity index (χ3v) is 4.56. The number of pyridine rings is 1. The third kappa shape index (κ3) is 5.07.